The molecule has 0 fully saturated rings. The highest BCUT2D eigenvalue weighted by molar-refractivity contribution is 5.98. The maximum Gasteiger partial charge on any atom is 0.256 e. The largest absolute Gasteiger partial charge is 0.352 e. The van der Waals surface area contributed by atoms with E-state index >= 15 is 0 Å². The molecule has 3 aromatic carbocycles. The minimum absolute atomic E-state index is 0.0705. The lowest BCUT2D eigenvalue weighted by Gasteiger charge is -2.15. The third-order valence-corrected chi connectivity index (χ3v) is 6.32. The molecule has 0 aliphatic carbocycles. The first-order valence-corrected chi connectivity index (χ1v) is 12.1. The molecule has 1 N–H and O–H groups in total. The summed E-state index contributed by atoms with van der Waals surface area (Å²) in [7, 11) is 0. The normalized spacial score (nSPS) is 11.1. The predicted molar refractivity (Wildman–Crippen MR) is 142 cm³/mol. The van der Waals surface area contributed by atoms with Gasteiger partial charge >= 0.3 is 0 Å². The molecule has 0 unspecified atom stereocenters. The van der Waals surface area contributed by atoms with E-state index in [0.29, 0.717) is 41.0 Å². The van der Waals surface area contributed by atoms with Crippen molar-refractivity contribution in [2.45, 2.75) is 20.3 Å². The highest BCUT2D eigenvalue weighted by Crippen LogP contribution is 2.30. The number of nitrogens with one attached hydrogen (secondary N) is 1. The highest BCUT2D eigenvalue weighted by atomic mass is 19.1. The van der Waals surface area contributed by atoms with E-state index < -0.39 is 22.9 Å². The van der Waals surface area contributed by atoms with Crippen LogP contribution in [0.2, 0.25) is 0 Å². The number of para-hydroxylation sites is 1. The van der Waals surface area contributed by atoms with Gasteiger partial charge in [-0.15, -0.1) is 0 Å². The van der Waals surface area contributed by atoms with Gasteiger partial charge in [-0.1, -0.05) is 42.5 Å². The number of benzene rings is 3. The summed E-state index contributed by atoms with van der Waals surface area (Å²) in [5.41, 5.74) is 2.43. The number of carbonyl (C=O) groups is 1. The molecule has 6 nitrogen and oxygen atoms in total. The summed E-state index contributed by atoms with van der Waals surface area (Å²) >= 11 is 0. The minimum atomic E-state index is -0.886. The fourth-order valence-electron chi connectivity index (χ4n) is 4.43. The molecule has 0 aliphatic rings. The Labute approximate surface area is 217 Å². The van der Waals surface area contributed by atoms with Crippen molar-refractivity contribution >= 4 is 16.9 Å². The first-order valence-electron chi connectivity index (χ1n) is 12.1. The highest BCUT2D eigenvalue weighted by Gasteiger charge is 2.20. The summed E-state index contributed by atoms with van der Waals surface area (Å²) < 4.78 is 30.3. The van der Waals surface area contributed by atoms with Crippen molar-refractivity contribution in [3.05, 3.63) is 123 Å². The van der Waals surface area contributed by atoms with Crippen LogP contribution in [0.1, 0.15) is 27.3 Å². The molecule has 0 atom stereocenters. The number of rotatable bonds is 6. The van der Waals surface area contributed by atoms with Crippen molar-refractivity contribution in [3.63, 3.8) is 0 Å². The van der Waals surface area contributed by atoms with Crippen LogP contribution in [0.25, 0.3) is 28.0 Å². The smallest absolute Gasteiger partial charge is 0.256 e. The molecule has 0 spiro atoms. The number of aryl methyl sites for hydroxylation is 2. The van der Waals surface area contributed by atoms with Crippen LogP contribution in [-0.2, 0) is 6.42 Å². The molecule has 190 valence electrons. The lowest BCUT2D eigenvalue weighted by molar-refractivity contribution is 0.0954. The van der Waals surface area contributed by atoms with E-state index in [1.165, 1.54) is 18.2 Å². The van der Waals surface area contributed by atoms with Gasteiger partial charge in [-0.2, -0.15) is 0 Å². The summed E-state index contributed by atoms with van der Waals surface area (Å²) in [6.45, 7) is 3.99. The number of aromatic nitrogens is 3. The molecule has 1 amide bonds. The SMILES string of the molecule is Cc1nc(-c2cc(C(=O)NCCc3ccccc3)ccc2C)c2ccc(=O)n(-c3c(F)cccc3F)c2n1. The zero-order chi connectivity index (χ0) is 26.8. The van der Waals surface area contributed by atoms with Crippen molar-refractivity contribution in [2.24, 2.45) is 0 Å². The molecule has 0 bridgehead atoms. The average Bonchev–Trinajstić information content (AvgIpc) is 2.90. The molecule has 0 radical (unpaired) electrons. The number of hydrogen-bond acceptors (Lipinski definition) is 4. The third-order valence-electron chi connectivity index (χ3n) is 6.32. The van der Waals surface area contributed by atoms with Gasteiger partial charge in [0.15, 0.2) is 5.65 Å². The van der Waals surface area contributed by atoms with Gasteiger partial charge in [0.1, 0.15) is 23.1 Å². The van der Waals surface area contributed by atoms with Gasteiger partial charge in [0.25, 0.3) is 11.5 Å². The van der Waals surface area contributed by atoms with Crippen LogP contribution >= 0.6 is 0 Å². The Balaban J connectivity index is 1.57. The summed E-state index contributed by atoms with van der Waals surface area (Å²) in [5.74, 6) is -1.70. The van der Waals surface area contributed by atoms with E-state index in [4.69, 9.17) is 0 Å². The van der Waals surface area contributed by atoms with Crippen LogP contribution in [0, 0.1) is 25.5 Å². The summed E-state index contributed by atoms with van der Waals surface area (Å²) in [5, 5.41) is 3.36. The molecule has 38 heavy (non-hydrogen) atoms. The first kappa shape index (κ1) is 25.0. The van der Waals surface area contributed by atoms with Gasteiger partial charge in [0.05, 0.1) is 5.69 Å². The zero-order valence-corrected chi connectivity index (χ0v) is 20.8. The van der Waals surface area contributed by atoms with Gasteiger partial charge in [0, 0.05) is 29.1 Å². The molecule has 0 saturated heterocycles. The molecule has 5 aromatic rings. The van der Waals surface area contributed by atoms with Crippen LogP contribution in [0.4, 0.5) is 8.78 Å². The van der Waals surface area contributed by atoms with E-state index in [1.54, 1.807) is 19.1 Å². The maximum absolute atomic E-state index is 14.7. The molecule has 0 saturated carbocycles. The number of amides is 1. The second-order valence-electron chi connectivity index (χ2n) is 8.96. The van der Waals surface area contributed by atoms with E-state index in [-0.39, 0.29) is 11.6 Å². The van der Waals surface area contributed by atoms with E-state index in [2.05, 4.69) is 15.3 Å². The first-order chi connectivity index (χ1) is 18.3. The van der Waals surface area contributed by atoms with Crippen LogP contribution < -0.4 is 10.9 Å². The summed E-state index contributed by atoms with van der Waals surface area (Å²) in [4.78, 5) is 34.7. The van der Waals surface area contributed by atoms with Crippen molar-refractivity contribution < 1.29 is 13.6 Å². The van der Waals surface area contributed by atoms with Crippen molar-refractivity contribution in [1.29, 1.82) is 0 Å². The monoisotopic (exact) mass is 510 g/mol. The molecule has 5 rings (SSSR count). The van der Waals surface area contributed by atoms with E-state index in [1.807, 2.05) is 43.3 Å². The van der Waals surface area contributed by atoms with Crippen molar-refractivity contribution in [3.8, 4) is 16.9 Å². The fourth-order valence-corrected chi connectivity index (χ4v) is 4.43. The topological polar surface area (TPSA) is 76.9 Å². The van der Waals surface area contributed by atoms with Gasteiger partial charge in [-0.25, -0.2) is 18.7 Å². The van der Waals surface area contributed by atoms with Gasteiger partial charge in [0.2, 0.25) is 0 Å². The molecule has 2 aromatic heterocycles. The lowest BCUT2D eigenvalue weighted by Crippen LogP contribution is -2.25. The number of halogens is 2. The van der Waals surface area contributed by atoms with Gasteiger partial charge in [-0.05, 0) is 61.7 Å². The van der Waals surface area contributed by atoms with Crippen molar-refractivity contribution in [2.75, 3.05) is 6.54 Å². The predicted octanol–water partition coefficient (Wildman–Crippen LogP) is 5.32. The molecular weight excluding hydrogens is 486 g/mol. The van der Waals surface area contributed by atoms with Crippen LogP contribution in [0.15, 0.2) is 83.7 Å². The number of carbonyl (C=O) groups excluding carboxylic acids is 1. The van der Waals surface area contributed by atoms with Crippen LogP contribution in [0.5, 0.6) is 0 Å². The Hall–Kier alpha value is -4.72. The summed E-state index contributed by atoms with van der Waals surface area (Å²) in [6, 6.07) is 21.3. The third kappa shape index (κ3) is 4.80. The van der Waals surface area contributed by atoms with Gasteiger partial charge in [-0.3, -0.25) is 14.2 Å². The molecular formula is C30H24F2N4O2. The summed E-state index contributed by atoms with van der Waals surface area (Å²) in [6.07, 6.45) is 0.700. The van der Waals surface area contributed by atoms with Crippen LogP contribution in [0.3, 0.4) is 0 Å². The second kappa shape index (κ2) is 10.3. The van der Waals surface area contributed by atoms with E-state index in [0.717, 1.165) is 27.8 Å². The molecule has 2 heterocycles. The minimum Gasteiger partial charge on any atom is -0.352 e. The Morgan fingerprint density at radius 3 is 2.37 bits per heavy atom. The standard InChI is InChI=1S/C30H24F2N4O2/c1-18-11-12-21(30(38)33-16-15-20-7-4-3-5-8-20)17-23(18)27-22-13-14-26(37)36(29(22)35-19(2)34-27)28-24(31)9-6-10-25(28)32/h3-14,17H,15-16H2,1-2H3,(H,33,38). The number of pyridine rings is 1. The van der Waals surface area contributed by atoms with Crippen molar-refractivity contribution in [1.82, 2.24) is 19.9 Å². The number of hydrogen-bond donors (Lipinski definition) is 1. The second-order valence-corrected chi connectivity index (χ2v) is 8.96. The maximum atomic E-state index is 14.7. The Morgan fingerprint density at radius 1 is 0.895 bits per heavy atom. The fraction of sp³-hybridized carbons (Fsp3) is 0.133. The molecule has 8 heteroatoms. The Bertz CT molecular complexity index is 1710. The quantitative estimate of drug-likeness (QED) is 0.336. The number of fused-ring (bicyclic) bond motifs is 1. The van der Waals surface area contributed by atoms with Crippen LogP contribution in [-0.4, -0.2) is 27.0 Å². The Morgan fingerprint density at radius 2 is 1.63 bits per heavy atom. The average molecular weight is 511 g/mol. The number of nitrogens with zero attached hydrogens (tertiary/aromatic N) is 3. The molecule has 0 aliphatic heterocycles. The Kier molecular flexibility index (Phi) is 6.79. The van der Waals surface area contributed by atoms with Gasteiger partial charge < -0.3 is 5.32 Å². The lowest BCUT2D eigenvalue weighted by atomic mass is 9.99. The van der Waals surface area contributed by atoms with E-state index in [9.17, 15) is 18.4 Å². The zero-order valence-electron chi connectivity index (χ0n) is 20.8.